The molecule has 4 atom stereocenters. The van der Waals surface area contributed by atoms with Crippen molar-refractivity contribution in [2.45, 2.75) is 51.3 Å². The van der Waals surface area contributed by atoms with Crippen LogP contribution in [0.15, 0.2) is 30.3 Å². The molecule has 19 heavy (non-hydrogen) atoms. The Balaban J connectivity index is 1.67. The van der Waals surface area contributed by atoms with Crippen LogP contribution in [-0.2, 0) is 4.74 Å². The lowest BCUT2D eigenvalue weighted by Crippen LogP contribution is -2.53. The molecule has 3 rings (SSSR count). The summed E-state index contributed by atoms with van der Waals surface area (Å²) in [4.78, 5) is 0. The average molecular weight is 259 g/mol. The first-order chi connectivity index (χ1) is 9.24. The van der Waals surface area contributed by atoms with Gasteiger partial charge in [-0.25, -0.2) is 0 Å². The molecule has 0 bridgehead atoms. The highest BCUT2D eigenvalue weighted by Gasteiger charge is 2.37. The molecule has 1 aromatic rings. The molecule has 2 heteroatoms. The predicted octanol–water partition coefficient (Wildman–Crippen LogP) is 3.54. The molecule has 2 aliphatic rings. The fraction of sp³-hybridized carbons (Fsp3) is 0.647. The first-order valence-electron chi connectivity index (χ1n) is 7.66. The minimum absolute atomic E-state index is 0.369. The molecule has 4 unspecified atom stereocenters. The van der Waals surface area contributed by atoms with Crippen molar-refractivity contribution in [2.75, 3.05) is 6.61 Å². The monoisotopic (exact) mass is 259 g/mol. The van der Waals surface area contributed by atoms with Crippen LogP contribution in [0.3, 0.4) is 0 Å². The maximum absolute atomic E-state index is 6.11. The Hall–Kier alpha value is -0.860. The highest BCUT2D eigenvalue weighted by molar-refractivity contribution is 5.20. The van der Waals surface area contributed by atoms with Crippen LogP contribution in [0.5, 0.6) is 0 Å². The molecule has 104 valence electrons. The number of benzene rings is 1. The maximum Gasteiger partial charge on any atom is 0.0729 e. The van der Waals surface area contributed by atoms with Gasteiger partial charge in [0.1, 0.15) is 0 Å². The maximum atomic E-state index is 6.11. The summed E-state index contributed by atoms with van der Waals surface area (Å²) >= 11 is 0. The molecule has 2 nitrogen and oxygen atoms in total. The highest BCUT2D eigenvalue weighted by Crippen LogP contribution is 2.35. The molecule has 2 fully saturated rings. The third-order valence-corrected chi connectivity index (χ3v) is 4.86. The summed E-state index contributed by atoms with van der Waals surface area (Å²) in [6, 6.07) is 11.6. The zero-order valence-electron chi connectivity index (χ0n) is 12.0. The molecule has 1 saturated carbocycles. The Morgan fingerprint density at radius 1 is 1.16 bits per heavy atom. The van der Waals surface area contributed by atoms with E-state index in [2.05, 4.69) is 49.5 Å². The third-order valence-electron chi connectivity index (χ3n) is 4.86. The zero-order valence-corrected chi connectivity index (χ0v) is 12.0. The lowest BCUT2D eigenvalue weighted by Gasteiger charge is -2.44. The van der Waals surface area contributed by atoms with Crippen LogP contribution in [0, 0.1) is 11.8 Å². The highest BCUT2D eigenvalue weighted by atomic mass is 16.5. The summed E-state index contributed by atoms with van der Waals surface area (Å²) in [6.45, 7) is 5.52. The number of hydrogen-bond donors (Lipinski definition) is 1. The molecular weight excluding hydrogens is 234 g/mol. The number of hydrogen-bond acceptors (Lipinski definition) is 2. The van der Waals surface area contributed by atoms with E-state index in [0.29, 0.717) is 18.2 Å². The third kappa shape index (κ3) is 2.85. The quantitative estimate of drug-likeness (QED) is 0.877. The number of fused-ring (bicyclic) bond motifs is 1. The van der Waals surface area contributed by atoms with Crippen LogP contribution in [0.4, 0.5) is 0 Å². The van der Waals surface area contributed by atoms with E-state index in [1.54, 1.807) is 0 Å². The minimum atomic E-state index is 0.369. The zero-order chi connectivity index (χ0) is 13.2. The van der Waals surface area contributed by atoms with E-state index in [4.69, 9.17) is 4.74 Å². The molecule has 1 aliphatic carbocycles. The van der Waals surface area contributed by atoms with Gasteiger partial charge in [0.15, 0.2) is 0 Å². The van der Waals surface area contributed by atoms with E-state index in [1.807, 2.05) is 0 Å². The number of morpholine rings is 1. The fourth-order valence-corrected chi connectivity index (χ4v) is 3.56. The fourth-order valence-electron chi connectivity index (χ4n) is 3.56. The Morgan fingerprint density at radius 2 is 1.95 bits per heavy atom. The van der Waals surface area contributed by atoms with Crippen molar-refractivity contribution >= 4 is 0 Å². The number of nitrogens with one attached hydrogen (secondary N) is 1. The van der Waals surface area contributed by atoms with E-state index in [-0.39, 0.29) is 0 Å². The molecule has 1 N–H and O–H groups in total. The van der Waals surface area contributed by atoms with Crippen molar-refractivity contribution in [1.29, 1.82) is 0 Å². The van der Waals surface area contributed by atoms with Crippen molar-refractivity contribution < 1.29 is 4.74 Å². The molecule has 1 aromatic carbocycles. The predicted molar refractivity (Wildman–Crippen MR) is 78.0 cm³/mol. The van der Waals surface area contributed by atoms with Gasteiger partial charge in [-0.3, -0.25) is 0 Å². The van der Waals surface area contributed by atoms with Crippen molar-refractivity contribution in [1.82, 2.24) is 5.32 Å². The molecule has 1 aliphatic heterocycles. The van der Waals surface area contributed by atoms with Crippen molar-refractivity contribution in [2.24, 2.45) is 11.8 Å². The summed E-state index contributed by atoms with van der Waals surface area (Å²) in [5, 5.41) is 3.83. The van der Waals surface area contributed by atoms with Crippen molar-refractivity contribution in [3.63, 3.8) is 0 Å². The number of ether oxygens (including phenoxy) is 1. The van der Waals surface area contributed by atoms with Crippen LogP contribution in [0.2, 0.25) is 0 Å². The van der Waals surface area contributed by atoms with Crippen LogP contribution < -0.4 is 5.32 Å². The smallest absolute Gasteiger partial charge is 0.0729 e. The van der Waals surface area contributed by atoms with Gasteiger partial charge in [-0.15, -0.1) is 0 Å². The van der Waals surface area contributed by atoms with Crippen molar-refractivity contribution in [3.8, 4) is 0 Å². The van der Waals surface area contributed by atoms with Gasteiger partial charge in [-0.1, -0.05) is 44.2 Å². The van der Waals surface area contributed by atoms with Gasteiger partial charge < -0.3 is 10.1 Å². The summed E-state index contributed by atoms with van der Waals surface area (Å²) in [6.07, 6.45) is 4.26. The van der Waals surface area contributed by atoms with E-state index < -0.39 is 0 Å². The minimum Gasteiger partial charge on any atom is -0.375 e. The van der Waals surface area contributed by atoms with Gasteiger partial charge in [-0.2, -0.15) is 0 Å². The first-order valence-corrected chi connectivity index (χ1v) is 7.66. The van der Waals surface area contributed by atoms with E-state index in [9.17, 15) is 0 Å². The Bertz CT molecular complexity index is 403. The molecule has 1 saturated heterocycles. The summed E-state index contributed by atoms with van der Waals surface area (Å²) in [5.41, 5.74) is 1.35. The lowest BCUT2D eigenvalue weighted by atomic mass is 9.77. The summed E-state index contributed by atoms with van der Waals surface area (Å²) in [5.74, 6) is 1.65. The molecule has 0 amide bonds. The second-order valence-corrected chi connectivity index (χ2v) is 6.43. The SMILES string of the molecule is CC(C)C1CCC2OCC(c3ccccc3)NC2C1. The second kappa shape index (κ2) is 5.64. The second-order valence-electron chi connectivity index (χ2n) is 6.43. The Labute approximate surface area is 116 Å². The van der Waals surface area contributed by atoms with Crippen molar-refractivity contribution in [3.05, 3.63) is 35.9 Å². The van der Waals surface area contributed by atoms with Crippen LogP contribution >= 0.6 is 0 Å². The Kier molecular flexibility index (Phi) is 3.90. The van der Waals surface area contributed by atoms with Gasteiger partial charge in [0.2, 0.25) is 0 Å². The van der Waals surface area contributed by atoms with E-state index in [0.717, 1.165) is 18.4 Å². The Morgan fingerprint density at radius 3 is 2.68 bits per heavy atom. The molecular formula is C17H25NO. The van der Waals surface area contributed by atoms with Crippen LogP contribution in [0.25, 0.3) is 0 Å². The molecule has 1 heterocycles. The van der Waals surface area contributed by atoms with E-state index in [1.165, 1.54) is 24.8 Å². The topological polar surface area (TPSA) is 21.3 Å². The number of rotatable bonds is 2. The molecule has 0 radical (unpaired) electrons. The largest absolute Gasteiger partial charge is 0.375 e. The van der Waals surface area contributed by atoms with Gasteiger partial charge in [0, 0.05) is 6.04 Å². The van der Waals surface area contributed by atoms with Crippen LogP contribution in [-0.4, -0.2) is 18.8 Å². The summed E-state index contributed by atoms with van der Waals surface area (Å²) in [7, 11) is 0. The molecule has 0 aromatic heterocycles. The van der Waals surface area contributed by atoms with Gasteiger partial charge in [0.05, 0.1) is 18.8 Å². The summed E-state index contributed by atoms with van der Waals surface area (Å²) < 4.78 is 6.11. The van der Waals surface area contributed by atoms with Gasteiger partial charge in [-0.05, 0) is 36.7 Å². The van der Waals surface area contributed by atoms with E-state index >= 15 is 0 Å². The first kappa shape index (κ1) is 13.1. The normalized spacial score (nSPS) is 35.1. The average Bonchev–Trinajstić information content (AvgIpc) is 2.47. The van der Waals surface area contributed by atoms with Crippen LogP contribution in [0.1, 0.15) is 44.7 Å². The van der Waals surface area contributed by atoms with Gasteiger partial charge >= 0.3 is 0 Å². The van der Waals surface area contributed by atoms with Gasteiger partial charge in [0.25, 0.3) is 0 Å². The molecule has 0 spiro atoms. The standard InChI is InChI=1S/C17H25NO/c1-12(2)14-8-9-17-15(10-14)18-16(11-19-17)13-6-4-3-5-7-13/h3-7,12,14-18H,8-11H2,1-2H3. The lowest BCUT2D eigenvalue weighted by molar-refractivity contribution is -0.0593.